The summed E-state index contributed by atoms with van der Waals surface area (Å²) in [5.74, 6) is 0.821. The van der Waals surface area contributed by atoms with E-state index in [0.29, 0.717) is 39.3 Å². The summed E-state index contributed by atoms with van der Waals surface area (Å²) in [4.78, 5) is 10.5. The topological polar surface area (TPSA) is 99.8 Å². The van der Waals surface area contributed by atoms with E-state index in [0.717, 1.165) is 31.3 Å². The fraction of sp³-hybridized carbons (Fsp3) is 0.333. The molecule has 3 atom stereocenters. The first-order valence-corrected chi connectivity index (χ1v) is 15.1. The molecule has 3 N–H and O–H groups in total. The molecule has 0 saturated heterocycles. The lowest BCUT2D eigenvalue weighted by Gasteiger charge is -2.23. The number of halogens is 2. The van der Waals surface area contributed by atoms with Crippen LogP contribution in [0.15, 0.2) is 83.9 Å². The maximum atomic E-state index is 13.5. The van der Waals surface area contributed by atoms with Crippen LogP contribution in [0.3, 0.4) is 0 Å². The van der Waals surface area contributed by atoms with E-state index in [1.165, 1.54) is 18.4 Å². The van der Waals surface area contributed by atoms with Crippen molar-refractivity contribution in [3.63, 3.8) is 0 Å². The van der Waals surface area contributed by atoms with Gasteiger partial charge in [0.2, 0.25) is 12.4 Å². The number of hydrogen-bond acceptors (Lipinski definition) is 5. The molecule has 2 aliphatic carbocycles. The number of benzene rings is 3. The van der Waals surface area contributed by atoms with Crippen LogP contribution >= 0.6 is 20.8 Å². The quantitative estimate of drug-likeness (QED) is 0.108. The Bertz CT molecular complexity index is 1420. The highest BCUT2D eigenvalue weighted by molar-refractivity contribution is 7.16. The Morgan fingerprint density at radius 3 is 2.31 bits per heavy atom. The monoisotopic (exact) mass is 611 g/mol. The molecule has 3 aromatic rings. The molecule has 0 bridgehead atoms. The van der Waals surface area contributed by atoms with Crippen LogP contribution in [-0.2, 0) is 0 Å². The van der Waals surface area contributed by atoms with Crippen LogP contribution in [0, 0.1) is 11.3 Å². The average Bonchev–Trinajstić information content (AvgIpc) is 3.87. The Balaban J connectivity index is 0.000000279. The predicted octanol–water partition coefficient (Wildman–Crippen LogP) is 8.38. The molecule has 0 amide bonds. The summed E-state index contributed by atoms with van der Waals surface area (Å²) in [6.07, 6.45) is 3.22. The molecule has 6 nitrogen and oxygen atoms in total. The van der Waals surface area contributed by atoms with Crippen LogP contribution in [0.2, 0.25) is 5.02 Å². The van der Waals surface area contributed by atoms with Gasteiger partial charge >= 0.3 is 5.97 Å². The van der Waals surface area contributed by atoms with Gasteiger partial charge in [-0.05, 0) is 92.0 Å². The molecule has 0 radical (unpaired) electrons. The van der Waals surface area contributed by atoms with E-state index < -0.39 is 18.4 Å². The standard InChI is InChI=1S/C23H26ClFNO3P.C10H10O2/c1-2-6-17(14-11-12-14)20(22(27)28-16-8-5-7-15(24)13-16)21(26)18-9-3-4-10-19(18)29-23(25)30;11-10(12)9-5-3-8(4-6-9)7-1-2-7/h3-5,7-10,13-14,22-23,26-27H,2,6,11-12,30H2,1H3;3-7H,1-2H2,(H,11,12)/b20-17-,26-21?;. The van der Waals surface area contributed by atoms with Crippen LogP contribution in [-0.4, -0.2) is 34.3 Å². The second-order valence-corrected chi connectivity index (χ2v) is 11.4. The number of aliphatic hydroxyl groups is 1. The maximum absolute atomic E-state index is 13.5. The van der Waals surface area contributed by atoms with Gasteiger partial charge in [-0.1, -0.05) is 70.1 Å². The van der Waals surface area contributed by atoms with Gasteiger partial charge in [-0.15, -0.1) is 0 Å². The van der Waals surface area contributed by atoms with Gasteiger partial charge in [-0.3, -0.25) is 5.41 Å². The number of carboxylic acids is 1. The Kier molecular flexibility index (Phi) is 11.1. The molecule has 0 aliphatic heterocycles. The highest BCUT2D eigenvalue weighted by atomic mass is 35.5. The largest absolute Gasteiger partial charge is 0.478 e. The van der Waals surface area contributed by atoms with Crippen molar-refractivity contribution in [2.75, 3.05) is 0 Å². The summed E-state index contributed by atoms with van der Waals surface area (Å²) in [7, 11) is 1.94. The summed E-state index contributed by atoms with van der Waals surface area (Å²) in [5.41, 5.74) is 3.55. The fourth-order valence-electron chi connectivity index (χ4n) is 4.79. The van der Waals surface area contributed by atoms with Gasteiger partial charge in [0.1, 0.15) is 11.5 Å². The summed E-state index contributed by atoms with van der Waals surface area (Å²) in [6, 6.07) is 20.7. The summed E-state index contributed by atoms with van der Waals surface area (Å²) >= 11 is 6.04. The SMILES string of the molecule is CCC/C(=C(\C(=N)c1ccccc1OC(F)P)C(O)Oc1cccc(Cl)c1)C1CC1.O=C(O)c1ccc(C2CC2)cc1. The van der Waals surface area contributed by atoms with Crippen molar-refractivity contribution >= 4 is 32.5 Å². The molecule has 3 unspecified atom stereocenters. The number of aromatic carboxylic acids is 1. The van der Waals surface area contributed by atoms with Crippen LogP contribution in [0.25, 0.3) is 0 Å². The van der Waals surface area contributed by atoms with E-state index in [2.05, 4.69) is 6.92 Å². The summed E-state index contributed by atoms with van der Waals surface area (Å²) in [6.45, 7) is 2.06. The minimum atomic E-state index is -1.60. The number of ether oxygens (including phenoxy) is 2. The van der Waals surface area contributed by atoms with Crippen LogP contribution in [0.1, 0.15) is 72.9 Å². The zero-order valence-corrected chi connectivity index (χ0v) is 25.3. The number of hydrogen-bond donors (Lipinski definition) is 3. The van der Waals surface area contributed by atoms with Crippen molar-refractivity contribution in [1.29, 1.82) is 5.41 Å². The first-order chi connectivity index (χ1) is 20.2. The average molecular weight is 612 g/mol. The number of allylic oxidation sites excluding steroid dienone is 1. The third kappa shape index (κ3) is 8.87. The molecule has 2 fully saturated rings. The first-order valence-electron chi connectivity index (χ1n) is 14.1. The lowest BCUT2D eigenvalue weighted by molar-refractivity contribution is 0.0182. The van der Waals surface area contributed by atoms with Crippen molar-refractivity contribution in [2.24, 2.45) is 5.92 Å². The molecule has 42 heavy (non-hydrogen) atoms. The molecule has 5 rings (SSSR count). The Morgan fingerprint density at radius 2 is 1.74 bits per heavy atom. The van der Waals surface area contributed by atoms with E-state index in [-0.39, 0.29) is 11.5 Å². The van der Waals surface area contributed by atoms with Crippen molar-refractivity contribution in [3.8, 4) is 11.5 Å². The number of carbonyl (C=O) groups is 1. The normalized spacial score (nSPS) is 16.3. The molecule has 3 aromatic carbocycles. The third-order valence-corrected chi connectivity index (χ3v) is 7.47. The minimum Gasteiger partial charge on any atom is -0.478 e. The molecule has 9 heteroatoms. The van der Waals surface area contributed by atoms with Gasteiger partial charge in [0.05, 0.1) is 11.3 Å². The zero-order valence-electron chi connectivity index (χ0n) is 23.4. The third-order valence-electron chi connectivity index (χ3n) is 7.10. The number of nitrogens with one attached hydrogen (secondary N) is 1. The molecular formula is C33H36ClFNO5P. The van der Waals surface area contributed by atoms with Gasteiger partial charge in [0.25, 0.3) is 0 Å². The van der Waals surface area contributed by atoms with E-state index >= 15 is 0 Å². The fourth-order valence-corrected chi connectivity index (χ4v) is 5.11. The van der Waals surface area contributed by atoms with Crippen LogP contribution < -0.4 is 9.47 Å². The van der Waals surface area contributed by atoms with Gasteiger partial charge < -0.3 is 19.7 Å². The van der Waals surface area contributed by atoms with Gasteiger partial charge in [0, 0.05) is 16.2 Å². The smallest absolute Gasteiger partial charge is 0.335 e. The molecule has 222 valence electrons. The van der Waals surface area contributed by atoms with Gasteiger partial charge in [-0.25, -0.2) is 4.79 Å². The summed E-state index contributed by atoms with van der Waals surface area (Å²) in [5, 5.41) is 29.1. The Morgan fingerprint density at radius 1 is 1.05 bits per heavy atom. The second-order valence-electron chi connectivity index (χ2n) is 10.4. The van der Waals surface area contributed by atoms with Crippen LogP contribution in [0.4, 0.5) is 4.39 Å². The molecular weight excluding hydrogens is 576 g/mol. The van der Waals surface area contributed by atoms with Crippen molar-refractivity contribution in [2.45, 2.75) is 63.8 Å². The number of alkyl halides is 1. The van der Waals surface area contributed by atoms with Crippen molar-refractivity contribution in [3.05, 3.63) is 106 Å². The maximum Gasteiger partial charge on any atom is 0.335 e. The van der Waals surface area contributed by atoms with E-state index in [9.17, 15) is 14.3 Å². The second kappa shape index (κ2) is 14.8. The Hall–Kier alpha value is -3.25. The minimum absolute atomic E-state index is 0.0705. The van der Waals surface area contributed by atoms with Gasteiger partial charge in [0.15, 0.2) is 0 Å². The number of aliphatic hydroxyl groups excluding tert-OH is 1. The summed E-state index contributed by atoms with van der Waals surface area (Å²) < 4.78 is 24.5. The van der Waals surface area contributed by atoms with Gasteiger partial charge in [-0.2, -0.15) is 4.39 Å². The van der Waals surface area contributed by atoms with Crippen molar-refractivity contribution in [1.82, 2.24) is 0 Å². The number of rotatable bonds is 12. The molecule has 0 spiro atoms. The van der Waals surface area contributed by atoms with Crippen LogP contribution in [0.5, 0.6) is 11.5 Å². The van der Waals surface area contributed by atoms with E-state index in [4.69, 9.17) is 31.6 Å². The molecule has 2 saturated carbocycles. The van der Waals surface area contributed by atoms with E-state index in [1.807, 2.05) is 21.4 Å². The lowest BCUT2D eigenvalue weighted by Crippen LogP contribution is -2.27. The number of carboxylic acid groups (broad SMARTS) is 1. The lowest BCUT2D eigenvalue weighted by atomic mass is 9.91. The first kappa shape index (κ1) is 31.7. The number of para-hydroxylation sites is 1. The molecule has 2 aliphatic rings. The van der Waals surface area contributed by atoms with E-state index in [1.54, 1.807) is 60.7 Å². The predicted molar refractivity (Wildman–Crippen MR) is 167 cm³/mol. The Labute approximate surface area is 253 Å². The zero-order chi connectivity index (χ0) is 30.2. The van der Waals surface area contributed by atoms with Crippen molar-refractivity contribution < 1.29 is 28.9 Å². The highest BCUT2D eigenvalue weighted by Gasteiger charge is 2.33. The molecule has 0 aromatic heterocycles. The molecule has 0 heterocycles. The highest BCUT2D eigenvalue weighted by Crippen LogP contribution is 2.42.